The van der Waals surface area contributed by atoms with E-state index >= 15 is 0 Å². The van der Waals surface area contributed by atoms with E-state index in [0.29, 0.717) is 25.7 Å². The lowest BCUT2D eigenvalue weighted by molar-refractivity contribution is -0.198. The zero-order valence-corrected chi connectivity index (χ0v) is 17.0. The van der Waals surface area contributed by atoms with Gasteiger partial charge in [0.1, 0.15) is 5.75 Å². The third-order valence-corrected chi connectivity index (χ3v) is 7.50. The Labute approximate surface area is 147 Å². The highest BCUT2D eigenvalue weighted by molar-refractivity contribution is 6.80. The van der Waals surface area contributed by atoms with E-state index in [4.69, 9.17) is 18.3 Å². The molecule has 1 aromatic rings. The maximum atomic E-state index is 6.17. The smallest absolute Gasteiger partial charge is 0.369 e. The number of ether oxygens (including phenoxy) is 2. The van der Waals surface area contributed by atoms with E-state index in [-0.39, 0.29) is 0 Å². The first-order chi connectivity index (χ1) is 11.3. The van der Waals surface area contributed by atoms with Crippen LogP contribution in [-0.2, 0) is 20.2 Å². The Balaban J connectivity index is 2.18. The Hall–Kier alpha value is -0.883. The summed E-state index contributed by atoms with van der Waals surface area (Å²) in [6.45, 7) is 14.5. The van der Waals surface area contributed by atoms with Crippen LogP contribution in [0.2, 0.25) is 6.55 Å². The molecule has 0 aromatic heterocycles. The highest BCUT2D eigenvalue weighted by atomic mass is 28.4. The lowest BCUT2D eigenvalue weighted by Gasteiger charge is -2.37. The van der Waals surface area contributed by atoms with Crippen molar-refractivity contribution in [2.45, 2.75) is 66.4 Å². The molecule has 1 atom stereocenters. The van der Waals surface area contributed by atoms with E-state index < -0.39 is 14.3 Å². The molecule has 1 heterocycles. The summed E-state index contributed by atoms with van der Waals surface area (Å²) in [4.78, 5) is 0. The minimum absolute atomic E-state index is 0.528. The second-order valence-corrected chi connectivity index (χ2v) is 10.1. The fraction of sp³-hybridized carbons (Fsp3) is 0.684. The van der Waals surface area contributed by atoms with E-state index in [2.05, 4.69) is 32.5 Å². The minimum atomic E-state index is -2.36. The van der Waals surface area contributed by atoms with Crippen LogP contribution in [-0.4, -0.2) is 27.6 Å². The van der Waals surface area contributed by atoms with Crippen molar-refractivity contribution >= 4 is 13.7 Å². The first-order valence-corrected chi connectivity index (χ1v) is 11.4. The van der Waals surface area contributed by atoms with Gasteiger partial charge in [0.05, 0.1) is 6.61 Å². The van der Waals surface area contributed by atoms with Crippen LogP contribution in [0.15, 0.2) is 18.2 Å². The molecule has 5 heteroatoms. The van der Waals surface area contributed by atoms with Crippen LogP contribution < -0.4 is 9.92 Å². The molecule has 0 fully saturated rings. The molecule has 0 amide bonds. The first kappa shape index (κ1) is 19.4. The molecule has 0 saturated heterocycles. The molecule has 0 N–H and O–H groups in total. The highest BCUT2D eigenvalue weighted by Gasteiger charge is 2.37. The Bertz CT molecular complexity index is 540. The number of hydrogen-bond acceptors (Lipinski definition) is 4. The molecule has 136 valence electrons. The van der Waals surface area contributed by atoms with E-state index in [9.17, 15) is 0 Å². The summed E-state index contributed by atoms with van der Waals surface area (Å²) in [7, 11) is -2.36. The number of hydrogen-bond donors (Lipinski definition) is 0. The van der Waals surface area contributed by atoms with Gasteiger partial charge in [0, 0.05) is 32.1 Å². The summed E-state index contributed by atoms with van der Waals surface area (Å²) in [5, 5.41) is 1.13. The molecule has 1 aliphatic rings. The van der Waals surface area contributed by atoms with Gasteiger partial charge in [-0.3, -0.25) is 0 Å². The standard InChI is InChI=1S/C19H32O4Si/c1-7-21-24(6,22-8-2)17-9-10-18-16(13-17)14-20-19(5,23-18)12-11-15(3)4/h9-10,13,15H,7-8,11-12,14H2,1-6H3. The van der Waals surface area contributed by atoms with Crippen LogP contribution in [0.3, 0.4) is 0 Å². The molecule has 0 aliphatic carbocycles. The molecule has 0 spiro atoms. The Morgan fingerprint density at radius 3 is 2.46 bits per heavy atom. The van der Waals surface area contributed by atoms with Gasteiger partial charge >= 0.3 is 8.56 Å². The lowest BCUT2D eigenvalue weighted by Crippen LogP contribution is -2.51. The summed E-state index contributed by atoms with van der Waals surface area (Å²) in [5.41, 5.74) is 1.08. The van der Waals surface area contributed by atoms with E-state index in [1.807, 2.05) is 26.8 Å². The van der Waals surface area contributed by atoms with Gasteiger partial charge in [0.25, 0.3) is 0 Å². The van der Waals surface area contributed by atoms with Crippen molar-refractivity contribution < 1.29 is 18.3 Å². The van der Waals surface area contributed by atoms with Crippen molar-refractivity contribution in [3.63, 3.8) is 0 Å². The predicted molar refractivity (Wildman–Crippen MR) is 98.8 cm³/mol. The average Bonchev–Trinajstić information content (AvgIpc) is 2.53. The summed E-state index contributed by atoms with van der Waals surface area (Å²) in [5.74, 6) is 1.03. The van der Waals surface area contributed by atoms with Gasteiger partial charge in [0.15, 0.2) is 0 Å². The average molecular weight is 353 g/mol. The molecule has 1 aromatic carbocycles. The van der Waals surface area contributed by atoms with Crippen LogP contribution >= 0.6 is 0 Å². The molecule has 0 saturated carbocycles. The maximum Gasteiger partial charge on any atom is 0.369 e. The molecule has 0 bridgehead atoms. The van der Waals surface area contributed by atoms with E-state index in [1.165, 1.54) is 0 Å². The first-order valence-electron chi connectivity index (χ1n) is 9.06. The van der Waals surface area contributed by atoms with E-state index in [0.717, 1.165) is 29.3 Å². The molecule has 24 heavy (non-hydrogen) atoms. The van der Waals surface area contributed by atoms with Crippen molar-refractivity contribution in [2.75, 3.05) is 13.2 Å². The Morgan fingerprint density at radius 1 is 1.21 bits per heavy atom. The van der Waals surface area contributed by atoms with Gasteiger partial charge in [-0.15, -0.1) is 0 Å². The second kappa shape index (κ2) is 8.00. The van der Waals surface area contributed by atoms with Crippen LogP contribution in [0, 0.1) is 5.92 Å². The monoisotopic (exact) mass is 352 g/mol. The molecular weight excluding hydrogens is 320 g/mol. The molecular formula is C19H32O4Si. The van der Waals surface area contributed by atoms with Crippen molar-refractivity contribution in [3.05, 3.63) is 23.8 Å². The molecule has 1 unspecified atom stereocenters. The fourth-order valence-corrected chi connectivity index (χ4v) is 5.34. The maximum absolute atomic E-state index is 6.17. The van der Waals surface area contributed by atoms with Gasteiger partial charge < -0.3 is 18.3 Å². The zero-order valence-electron chi connectivity index (χ0n) is 16.0. The van der Waals surface area contributed by atoms with Crippen molar-refractivity contribution in [2.24, 2.45) is 5.92 Å². The number of fused-ring (bicyclic) bond motifs is 1. The highest BCUT2D eigenvalue weighted by Crippen LogP contribution is 2.34. The van der Waals surface area contributed by atoms with Gasteiger partial charge in [-0.1, -0.05) is 19.9 Å². The summed E-state index contributed by atoms with van der Waals surface area (Å²) in [6.07, 6.45) is 1.99. The molecule has 0 radical (unpaired) electrons. The number of rotatable bonds is 8. The van der Waals surface area contributed by atoms with E-state index in [1.54, 1.807) is 0 Å². The van der Waals surface area contributed by atoms with Gasteiger partial charge in [-0.05, 0) is 50.1 Å². The molecule has 2 rings (SSSR count). The van der Waals surface area contributed by atoms with Gasteiger partial charge in [-0.25, -0.2) is 0 Å². The van der Waals surface area contributed by atoms with Crippen LogP contribution in [0.25, 0.3) is 0 Å². The predicted octanol–water partition coefficient (Wildman–Crippen LogP) is 4.10. The zero-order chi connectivity index (χ0) is 17.8. The SMILES string of the molecule is CCO[Si](C)(OCC)c1ccc2c(c1)COC(C)(CCC(C)C)O2. The van der Waals surface area contributed by atoms with Crippen molar-refractivity contribution in [1.29, 1.82) is 0 Å². The van der Waals surface area contributed by atoms with Crippen molar-refractivity contribution in [3.8, 4) is 5.75 Å². The summed E-state index contributed by atoms with van der Waals surface area (Å²) >= 11 is 0. The Kier molecular flexibility index (Phi) is 6.48. The normalized spacial score (nSPS) is 20.8. The van der Waals surface area contributed by atoms with Gasteiger partial charge in [0.2, 0.25) is 5.79 Å². The minimum Gasteiger partial charge on any atom is -0.462 e. The third kappa shape index (κ3) is 4.60. The summed E-state index contributed by atoms with van der Waals surface area (Å²) < 4.78 is 24.2. The summed E-state index contributed by atoms with van der Waals surface area (Å²) in [6, 6.07) is 6.27. The largest absolute Gasteiger partial charge is 0.462 e. The van der Waals surface area contributed by atoms with Gasteiger partial charge in [-0.2, -0.15) is 0 Å². The quantitative estimate of drug-likeness (QED) is 0.660. The van der Waals surface area contributed by atoms with Crippen LogP contribution in [0.4, 0.5) is 0 Å². The lowest BCUT2D eigenvalue weighted by atomic mass is 10.0. The fourth-order valence-electron chi connectivity index (χ4n) is 3.00. The van der Waals surface area contributed by atoms with Crippen molar-refractivity contribution in [1.82, 2.24) is 0 Å². The van der Waals surface area contributed by atoms with Crippen LogP contribution in [0.1, 0.15) is 53.0 Å². The number of benzene rings is 1. The molecule has 4 nitrogen and oxygen atoms in total. The topological polar surface area (TPSA) is 36.9 Å². The van der Waals surface area contributed by atoms with Crippen LogP contribution in [0.5, 0.6) is 5.75 Å². The third-order valence-electron chi connectivity index (χ3n) is 4.46. The Morgan fingerprint density at radius 2 is 1.88 bits per heavy atom. The molecule has 1 aliphatic heterocycles. The second-order valence-electron chi connectivity index (χ2n) is 7.09.